The highest BCUT2D eigenvalue weighted by Crippen LogP contribution is 2.32. The first-order valence-corrected chi connectivity index (χ1v) is 6.76. The average molecular weight is 385 g/mol. The van der Waals surface area contributed by atoms with Crippen molar-refractivity contribution in [2.24, 2.45) is 10.2 Å². The highest BCUT2D eigenvalue weighted by atomic mass is 79.9. The molecule has 19 heavy (non-hydrogen) atoms. The molecule has 0 bridgehead atoms. The van der Waals surface area contributed by atoms with Crippen LogP contribution in [-0.2, 0) is 0 Å². The molecule has 0 aliphatic rings. The lowest BCUT2D eigenvalue weighted by atomic mass is 10.3. The van der Waals surface area contributed by atoms with E-state index >= 15 is 0 Å². The summed E-state index contributed by atoms with van der Waals surface area (Å²) in [6.45, 7) is 0. The number of nitro benzene ring substituents is 1. The predicted molar refractivity (Wildman–Crippen MR) is 79.1 cm³/mol. The fraction of sp³-hybridized carbons (Fsp3) is 0. The Balaban J connectivity index is 2.37. The standard InChI is InChI=1S/C12H7Br2N3O2/c13-8-2-1-3-10(6-8)15-16-11-7-9(14)4-5-12(11)17(18)19/h1-7H. The zero-order valence-corrected chi connectivity index (χ0v) is 12.6. The van der Waals surface area contributed by atoms with Crippen LogP contribution in [0.5, 0.6) is 0 Å². The minimum Gasteiger partial charge on any atom is -0.258 e. The van der Waals surface area contributed by atoms with Crippen LogP contribution in [0.25, 0.3) is 0 Å². The van der Waals surface area contributed by atoms with Crippen molar-refractivity contribution in [2.45, 2.75) is 0 Å². The molecule has 0 aromatic heterocycles. The van der Waals surface area contributed by atoms with Crippen LogP contribution >= 0.6 is 31.9 Å². The number of hydrogen-bond acceptors (Lipinski definition) is 4. The zero-order valence-electron chi connectivity index (χ0n) is 9.46. The second-order valence-electron chi connectivity index (χ2n) is 3.57. The Kier molecular flexibility index (Phi) is 4.39. The van der Waals surface area contributed by atoms with Gasteiger partial charge in [0.2, 0.25) is 0 Å². The molecule has 0 heterocycles. The van der Waals surface area contributed by atoms with Crippen molar-refractivity contribution in [2.75, 3.05) is 0 Å². The van der Waals surface area contributed by atoms with Crippen molar-refractivity contribution < 1.29 is 4.92 Å². The van der Waals surface area contributed by atoms with Crippen LogP contribution in [0.2, 0.25) is 0 Å². The lowest BCUT2D eigenvalue weighted by molar-refractivity contribution is -0.384. The highest BCUT2D eigenvalue weighted by Gasteiger charge is 2.13. The highest BCUT2D eigenvalue weighted by molar-refractivity contribution is 9.10. The fourth-order valence-corrected chi connectivity index (χ4v) is 2.12. The molecule has 0 amide bonds. The molecule has 0 spiro atoms. The van der Waals surface area contributed by atoms with Gasteiger partial charge in [-0.1, -0.05) is 37.9 Å². The van der Waals surface area contributed by atoms with Gasteiger partial charge in [-0.15, -0.1) is 5.11 Å². The second-order valence-corrected chi connectivity index (χ2v) is 5.40. The molecular weight excluding hydrogens is 378 g/mol. The van der Waals surface area contributed by atoms with Gasteiger partial charge in [-0.25, -0.2) is 0 Å². The molecule has 2 aromatic rings. The molecule has 0 fully saturated rings. The van der Waals surface area contributed by atoms with E-state index in [4.69, 9.17) is 0 Å². The minimum atomic E-state index is -0.484. The third-order valence-electron chi connectivity index (χ3n) is 2.22. The van der Waals surface area contributed by atoms with E-state index in [0.717, 1.165) is 4.47 Å². The number of azo groups is 1. The van der Waals surface area contributed by atoms with Crippen LogP contribution in [0, 0.1) is 10.1 Å². The summed E-state index contributed by atoms with van der Waals surface area (Å²) in [4.78, 5) is 10.4. The van der Waals surface area contributed by atoms with Crippen molar-refractivity contribution in [3.8, 4) is 0 Å². The first-order valence-electron chi connectivity index (χ1n) is 5.17. The number of benzene rings is 2. The predicted octanol–water partition coefficient (Wildman–Crippen LogP) is 5.54. The monoisotopic (exact) mass is 383 g/mol. The maximum absolute atomic E-state index is 10.9. The SMILES string of the molecule is O=[N+]([O-])c1ccc(Br)cc1N=Nc1cccc(Br)c1. The minimum absolute atomic E-state index is 0.0815. The molecule has 0 aliphatic carbocycles. The number of hydrogen-bond donors (Lipinski definition) is 0. The molecule has 0 radical (unpaired) electrons. The van der Waals surface area contributed by atoms with Crippen LogP contribution in [0.3, 0.4) is 0 Å². The Morgan fingerprint density at radius 2 is 1.74 bits per heavy atom. The molecule has 0 saturated carbocycles. The lowest BCUT2D eigenvalue weighted by Gasteiger charge is -1.97. The Morgan fingerprint density at radius 3 is 2.42 bits per heavy atom. The molecule has 2 aromatic carbocycles. The van der Waals surface area contributed by atoms with Crippen LogP contribution in [0.4, 0.5) is 17.1 Å². The largest absolute Gasteiger partial charge is 0.296 e. The third kappa shape index (κ3) is 3.68. The van der Waals surface area contributed by atoms with Gasteiger partial charge in [0.15, 0.2) is 5.69 Å². The number of rotatable bonds is 3. The van der Waals surface area contributed by atoms with Crippen LogP contribution in [0.15, 0.2) is 61.6 Å². The second kappa shape index (κ2) is 6.03. The Hall–Kier alpha value is -1.60. The van der Waals surface area contributed by atoms with E-state index in [1.807, 2.05) is 12.1 Å². The average Bonchev–Trinajstić information content (AvgIpc) is 2.36. The smallest absolute Gasteiger partial charge is 0.258 e. The van der Waals surface area contributed by atoms with Crippen molar-refractivity contribution >= 4 is 48.9 Å². The number of halogens is 2. The Bertz CT molecular complexity index is 659. The van der Waals surface area contributed by atoms with Gasteiger partial charge in [0, 0.05) is 15.0 Å². The molecule has 0 atom stereocenters. The summed E-state index contributed by atoms with van der Waals surface area (Å²) in [6, 6.07) is 11.7. The van der Waals surface area contributed by atoms with Gasteiger partial charge < -0.3 is 0 Å². The van der Waals surface area contributed by atoms with E-state index in [9.17, 15) is 10.1 Å². The number of nitro groups is 1. The fourth-order valence-electron chi connectivity index (χ4n) is 1.38. The van der Waals surface area contributed by atoms with Crippen LogP contribution in [-0.4, -0.2) is 4.92 Å². The Labute approximate surface area is 125 Å². The van der Waals surface area contributed by atoms with E-state index < -0.39 is 4.92 Å². The topological polar surface area (TPSA) is 67.9 Å². The first kappa shape index (κ1) is 13.8. The van der Waals surface area contributed by atoms with Gasteiger partial charge in [-0.2, -0.15) is 5.11 Å². The molecule has 0 unspecified atom stereocenters. The van der Waals surface area contributed by atoms with E-state index in [1.165, 1.54) is 6.07 Å². The van der Waals surface area contributed by atoms with Gasteiger partial charge in [-0.3, -0.25) is 10.1 Å². The summed E-state index contributed by atoms with van der Waals surface area (Å²) in [6.07, 6.45) is 0. The molecule has 5 nitrogen and oxygen atoms in total. The lowest BCUT2D eigenvalue weighted by Crippen LogP contribution is -1.87. The van der Waals surface area contributed by atoms with Crippen molar-refractivity contribution in [3.63, 3.8) is 0 Å². The van der Waals surface area contributed by atoms with Gasteiger partial charge >= 0.3 is 0 Å². The van der Waals surface area contributed by atoms with Gasteiger partial charge in [0.25, 0.3) is 5.69 Å². The summed E-state index contributed by atoms with van der Waals surface area (Å²) < 4.78 is 1.58. The molecule has 0 aliphatic heterocycles. The summed E-state index contributed by atoms with van der Waals surface area (Å²) in [5.74, 6) is 0. The molecule has 96 valence electrons. The molecule has 0 saturated heterocycles. The maximum Gasteiger partial charge on any atom is 0.296 e. The van der Waals surface area contributed by atoms with Crippen LogP contribution < -0.4 is 0 Å². The maximum atomic E-state index is 10.9. The molecule has 2 rings (SSSR count). The Morgan fingerprint density at radius 1 is 1.00 bits per heavy atom. The quantitative estimate of drug-likeness (QED) is 0.396. The van der Waals surface area contributed by atoms with E-state index in [1.54, 1.807) is 24.3 Å². The molecule has 0 N–H and O–H groups in total. The van der Waals surface area contributed by atoms with Gasteiger partial charge in [-0.05, 0) is 30.3 Å². The van der Waals surface area contributed by atoms with Crippen molar-refractivity contribution in [1.29, 1.82) is 0 Å². The van der Waals surface area contributed by atoms with E-state index in [2.05, 4.69) is 42.1 Å². The summed E-state index contributed by atoms with van der Waals surface area (Å²) in [5, 5.41) is 18.8. The van der Waals surface area contributed by atoms with Crippen molar-refractivity contribution in [1.82, 2.24) is 0 Å². The summed E-state index contributed by atoms with van der Waals surface area (Å²) in [5.41, 5.74) is 0.741. The van der Waals surface area contributed by atoms with E-state index in [-0.39, 0.29) is 11.4 Å². The normalized spacial score (nSPS) is 10.8. The molecule has 7 heteroatoms. The van der Waals surface area contributed by atoms with Gasteiger partial charge in [0.1, 0.15) is 0 Å². The van der Waals surface area contributed by atoms with E-state index in [0.29, 0.717) is 10.2 Å². The number of nitrogens with zero attached hydrogens (tertiary/aromatic N) is 3. The third-order valence-corrected chi connectivity index (χ3v) is 3.20. The summed E-state index contributed by atoms with van der Waals surface area (Å²) in [7, 11) is 0. The molecular formula is C12H7Br2N3O2. The van der Waals surface area contributed by atoms with Gasteiger partial charge in [0.05, 0.1) is 10.6 Å². The first-order chi connectivity index (χ1) is 9.06. The van der Waals surface area contributed by atoms with Crippen LogP contribution in [0.1, 0.15) is 0 Å². The van der Waals surface area contributed by atoms with Crippen molar-refractivity contribution in [3.05, 3.63) is 61.5 Å². The zero-order chi connectivity index (χ0) is 13.8. The summed E-state index contributed by atoms with van der Waals surface area (Å²) >= 11 is 6.57.